The molecular weight excluding hydrogens is 208 g/mol. The van der Waals surface area contributed by atoms with Crippen LogP contribution in [-0.2, 0) is 0 Å². The fraction of sp³-hybridized carbons (Fsp3) is 0.875. The quantitative estimate of drug-likeness (QED) is 0.486. The van der Waals surface area contributed by atoms with Gasteiger partial charge in [-0.25, -0.2) is 0 Å². The highest BCUT2D eigenvalue weighted by Crippen LogP contribution is 2.24. The molecule has 0 aromatic rings. The summed E-state index contributed by atoms with van der Waals surface area (Å²) < 4.78 is 0. The second-order valence-corrected chi connectivity index (χ2v) is 5.58. The first-order valence-corrected chi connectivity index (χ1v) is 7.21. The Bertz CT molecular complexity index is 232. The van der Waals surface area contributed by atoms with Crippen LogP contribution in [-0.4, -0.2) is 11.2 Å². The monoisotopic (exact) mass is 238 g/mol. The number of aliphatic hydroxyl groups is 1. The molecule has 0 saturated carbocycles. The van der Waals surface area contributed by atoms with Crippen molar-refractivity contribution < 1.29 is 5.11 Å². The van der Waals surface area contributed by atoms with Crippen LogP contribution in [0.3, 0.4) is 0 Å². The molecule has 0 aliphatic heterocycles. The topological polar surface area (TPSA) is 20.2 Å². The molecule has 0 bridgehead atoms. The minimum absolute atomic E-state index is 0.0753. The van der Waals surface area contributed by atoms with Crippen molar-refractivity contribution in [1.29, 1.82) is 0 Å². The lowest BCUT2D eigenvalue weighted by atomic mass is 9.84. The van der Waals surface area contributed by atoms with E-state index in [1.807, 2.05) is 0 Å². The van der Waals surface area contributed by atoms with Gasteiger partial charge in [-0.15, -0.1) is 5.92 Å². The van der Waals surface area contributed by atoms with Gasteiger partial charge in [0.15, 0.2) is 0 Å². The average Bonchev–Trinajstić information content (AvgIpc) is 2.32. The lowest BCUT2D eigenvalue weighted by molar-refractivity contribution is 0.0955. The molecule has 0 spiro atoms. The van der Waals surface area contributed by atoms with Gasteiger partial charge in [0.25, 0.3) is 0 Å². The van der Waals surface area contributed by atoms with Crippen molar-refractivity contribution in [3.8, 4) is 11.8 Å². The Morgan fingerprint density at radius 1 is 1.00 bits per heavy atom. The molecule has 1 nitrogen and oxygen atoms in total. The van der Waals surface area contributed by atoms with Crippen molar-refractivity contribution >= 4 is 0 Å². The van der Waals surface area contributed by atoms with Crippen molar-refractivity contribution in [2.75, 3.05) is 0 Å². The van der Waals surface area contributed by atoms with Gasteiger partial charge in [0.05, 0.1) is 0 Å². The Kier molecular flexibility index (Phi) is 9.27. The van der Waals surface area contributed by atoms with Gasteiger partial charge < -0.3 is 5.11 Å². The van der Waals surface area contributed by atoms with Crippen LogP contribution in [0.1, 0.15) is 79.1 Å². The summed E-state index contributed by atoms with van der Waals surface area (Å²) in [6, 6.07) is 0. The van der Waals surface area contributed by atoms with Gasteiger partial charge in [-0.05, 0) is 12.8 Å². The van der Waals surface area contributed by atoms with Gasteiger partial charge in [-0.2, -0.15) is 0 Å². The summed E-state index contributed by atoms with van der Waals surface area (Å²) in [4.78, 5) is 0. The maximum atomic E-state index is 9.88. The van der Waals surface area contributed by atoms with Crippen LogP contribution in [0.15, 0.2) is 0 Å². The molecule has 100 valence electrons. The molecule has 1 atom stereocenters. The third-order valence-electron chi connectivity index (χ3n) is 3.55. The predicted molar refractivity (Wildman–Crippen MR) is 75.8 cm³/mol. The molecule has 0 heterocycles. The summed E-state index contributed by atoms with van der Waals surface area (Å²) in [7, 11) is 0. The molecule has 0 saturated heterocycles. The SMILES string of the molecule is CCCCCCCCC#CC(O)C(C)(C)CC. The zero-order valence-electron chi connectivity index (χ0n) is 12.2. The first-order valence-electron chi connectivity index (χ1n) is 7.21. The van der Waals surface area contributed by atoms with Crippen LogP contribution in [0, 0.1) is 17.3 Å². The molecule has 0 aromatic heterocycles. The Morgan fingerprint density at radius 2 is 1.59 bits per heavy atom. The zero-order valence-corrected chi connectivity index (χ0v) is 12.2. The van der Waals surface area contributed by atoms with E-state index in [1.54, 1.807) is 0 Å². The molecule has 0 rings (SSSR count). The summed E-state index contributed by atoms with van der Waals surface area (Å²) in [6.45, 7) is 8.47. The van der Waals surface area contributed by atoms with E-state index in [9.17, 15) is 5.11 Å². The summed E-state index contributed by atoms with van der Waals surface area (Å²) in [5.74, 6) is 6.10. The zero-order chi connectivity index (χ0) is 13.1. The first kappa shape index (κ1) is 16.5. The van der Waals surface area contributed by atoms with Gasteiger partial charge in [0.2, 0.25) is 0 Å². The molecular formula is C16H30O. The van der Waals surface area contributed by atoms with E-state index >= 15 is 0 Å². The summed E-state index contributed by atoms with van der Waals surface area (Å²) in [5, 5.41) is 9.88. The van der Waals surface area contributed by atoms with Gasteiger partial charge in [-0.3, -0.25) is 0 Å². The molecule has 1 N–H and O–H groups in total. The molecule has 0 aliphatic rings. The highest BCUT2D eigenvalue weighted by molar-refractivity contribution is 5.08. The van der Waals surface area contributed by atoms with E-state index in [-0.39, 0.29) is 5.41 Å². The van der Waals surface area contributed by atoms with Crippen LogP contribution in [0.25, 0.3) is 0 Å². The van der Waals surface area contributed by atoms with E-state index in [4.69, 9.17) is 0 Å². The lowest BCUT2D eigenvalue weighted by Gasteiger charge is -2.24. The van der Waals surface area contributed by atoms with Crippen LogP contribution in [0.5, 0.6) is 0 Å². The second-order valence-electron chi connectivity index (χ2n) is 5.58. The number of rotatable bonds is 8. The van der Waals surface area contributed by atoms with Crippen molar-refractivity contribution in [3.63, 3.8) is 0 Å². The Morgan fingerprint density at radius 3 is 2.18 bits per heavy atom. The van der Waals surface area contributed by atoms with Crippen molar-refractivity contribution in [2.24, 2.45) is 5.41 Å². The molecule has 1 unspecified atom stereocenters. The van der Waals surface area contributed by atoms with Gasteiger partial charge in [0, 0.05) is 11.8 Å². The van der Waals surface area contributed by atoms with Crippen molar-refractivity contribution in [3.05, 3.63) is 0 Å². The minimum Gasteiger partial charge on any atom is -0.380 e. The summed E-state index contributed by atoms with van der Waals surface area (Å²) >= 11 is 0. The third kappa shape index (κ3) is 8.27. The Hall–Kier alpha value is -0.480. The van der Waals surface area contributed by atoms with Crippen molar-refractivity contribution in [1.82, 2.24) is 0 Å². The number of aliphatic hydroxyl groups excluding tert-OH is 1. The number of unbranched alkanes of at least 4 members (excludes halogenated alkanes) is 6. The number of hydrogen-bond acceptors (Lipinski definition) is 1. The fourth-order valence-electron chi connectivity index (χ4n) is 1.55. The van der Waals surface area contributed by atoms with Gasteiger partial charge in [0.1, 0.15) is 6.10 Å². The maximum absolute atomic E-state index is 9.88. The van der Waals surface area contributed by atoms with E-state index in [2.05, 4.69) is 39.5 Å². The van der Waals surface area contributed by atoms with Crippen LogP contribution >= 0.6 is 0 Å². The minimum atomic E-state index is -0.479. The summed E-state index contributed by atoms with van der Waals surface area (Å²) in [6.07, 6.45) is 9.22. The predicted octanol–water partition coefficient (Wildman–Crippen LogP) is 4.54. The third-order valence-corrected chi connectivity index (χ3v) is 3.55. The van der Waals surface area contributed by atoms with Crippen LogP contribution in [0.2, 0.25) is 0 Å². The highest BCUT2D eigenvalue weighted by atomic mass is 16.3. The van der Waals surface area contributed by atoms with Crippen molar-refractivity contribution in [2.45, 2.75) is 85.2 Å². The van der Waals surface area contributed by atoms with Gasteiger partial charge >= 0.3 is 0 Å². The highest BCUT2D eigenvalue weighted by Gasteiger charge is 2.23. The van der Waals surface area contributed by atoms with Crippen LogP contribution in [0.4, 0.5) is 0 Å². The van der Waals surface area contributed by atoms with Crippen LogP contribution < -0.4 is 0 Å². The van der Waals surface area contributed by atoms with Gasteiger partial charge in [-0.1, -0.05) is 65.7 Å². The molecule has 0 aromatic carbocycles. The molecule has 0 radical (unpaired) electrons. The molecule has 0 aliphatic carbocycles. The largest absolute Gasteiger partial charge is 0.380 e. The standard InChI is InChI=1S/C16H30O/c1-5-7-8-9-10-11-12-13-14-15(17)16(3,4)6-2/h15,17H,5-12H2,1-4H3. The maximum Gasteiger partial charge on any atom is 0.119 e. The van der Waals surface area contributed by atoms with E-state index in [1.165, 1.54) is 38.5 Å². The molecule has 1 heteroatoms. The Balaban J connectivity index is 3.61. The lowest BCUT2D eigenvalue weighted by Crippen LogP contribution is -2.26. The fourth-order valence-corrected chi connectivity index (χ4v) is 1.55. The van der Waals surface area contributed by atoms with E-state index < -0.39 is 6.10 Å². The Labute approximate surface area is 108 Å². The molecule has 0 amide bonds. The second kappa shape index (κ2) is 9.54. The normalized spacial score (nSPS) is 13.0. The number of hydrogen-bond donors (Lipinski definition) is 1. The van der Waals surface area contributed by atoms with E-state index in [0.717, 1.165) is 12.8 Å². The average molecular weight is 238 g/mol. The first-order chi connectivity index (χ1) is 8.04. The van der Waals surface area contributed by atoms with E-state index in [0.29, 0.717) is 0 Å². The molecule has 17 heavy (non-hydrogen) atoms. The smallest absolute Gasteiger partial charge is 0.119 e. The summed E-state index contributed by atoms with van der Waals surface area (Å²) in [5.41, 5.74) is -0.0753. The molecule has 0 fully saturated rings.